The molecule has 3 heteroatoms. The molecular weight excluding hydrogens is 474 g/mol. The van der Waals surface area contributed by atoms with Crippen LogP contribution in [0.1, 0.15) is 57.7 Å². The number of nitrogens with one attached hydrogen (secondary N) is 3. The highest BCUT2D eigenvalue weighted by atomic mass is 15.1. The molecule has 3 N–H and O–H groups in total. The van der Waals surface area contributed by atoms with E-state index in [9.17, 15) is 0 Å². The SMILES string of the molecule is N=C(Nc1ccccc1C1CCCc2ccc(Cc3ccccc3)cc21)Nc1ccc2c3c(cccc13)C=C2. The molecule has 0 amide bonds. The maximum absolute atomic E-state index is 8.84. The maximum atomic E-state index is 8.84. The summed E-state index contributed by atoms with van der Waals surface area (Å²) in [5, 5.41) is 18.0. The highest BCUT2D eigenvalue weighted by Crippen LogP contribution is 2.40. The van der Waals surface area contributed by atoms with Crippen LogP contribution in [0.3, 0.4) is 0 Å². The van der Waals surface area contributed by atoms with Gasteiger partial charge in [0.05, 0.1) is 0 Å². The highest BCUT2D eigenvalue weighted by molar-refractivity contribution is 6.13. The first-order valence-corrected chi connectivity index (χ1v) is 13.8. The molecule has 1 unspecified atom stereocenters. The molecule has 2 aliphatic rings. The largest absolute Gasteiger partial charge is 0.326 e. The number of hydrogen-bond acceptors (Lipinski definition) is 1. The summed E-state index contributed by atoms with van der Waals surface area (Å²) in [4.78, 5) is 0. The highest BCUT2D eigenvalue weighted by Gasteiger charge is 2.24. The second-order valence-corrected chi connectivity index (χ2v) is 10.7. The van der Waals surface area contributed by atoms with Crippen molar-refractivity contribution in [2.45, 2.75) is 31.6 Å². The van der Waals surface area contributed by atoms with E-state index in [1.807, 2.05) is 0 Å². The quantitative estimate of drug-likeness (QED) is 0.162. The Bertz CT molecular complexity index is 1720. The van der Waals surface area contributed by atoms with Crippen molar-refractivity contribution in [3.05, 3.63) is 142 Å². The minimum absolute atomic E-state index is 0.281. The van der Waals surface area contributed by atoms with Gasteiger partial charge in [-0.1, -0.05) is 103 Å². The van der Waals surface area contributed by atoms with Crippen LogP contribution in [-0.2, 0) is 12.8 Å². The van der Waals surface area contributed by atoms with E-state index in [1.54, 1.807) is 0 Å². The number of fused-ring (bicyclic) bond motifs is 1. The van der Waals surface area contributed by atoms with E-state index < -0.39 is 0 Å². The van der Waals surface area contributed by atoms with Crippen LogP contribution in [0, 0.1) is 5.41 Å². The van der Waals surface area contributed by atoms with Gasteiger partial charge in [0.25, 0.3) is 0 Å². The van der Waals surface area contributed by atoms with Crippen LogP contribution in [0.5, 0.6) is 0 Å². The third-order valence-corrected chi connectivity index (χ3v) is 8.18. The minimum Gasteiger partial charge on any atom is -0.326 e. The number of guanidine groups is 1. The minimum atomic E-state index is 0.281. The Hall–Kier alpha value is -4.63. The zero-order valence-electron chi connectivity index (χ0n) is 21.9. The first-order valence-electron chi connectivity index (χ1n) is 13.8. The Labute approximate surface area is 229 Å². The lowest BCUT2D eigenvalue weighted by Crippen LogP contribution is -2.22. The Morgan fingerprint density at radius 3 is 2.38 bits per heavy atom. The first-order chi connectivity index (χ1) is 19.2. The lowest BCUT2D eigenvalue weighted by molar-refractivity contribution is 0.616. The lowest BCUT2D eigenvalue weighted by atomic mass is 9.77. The molecule has 5 aromatic carbocycles. The van der Waals surface area contributed by atoms with Crippen LogP contribution in [0.15, 0.2) is 103 Å². The standard InChI is InChI=1S/C36H31N3/c37-36(39-34-21-20-28-19-18-27-11-7-14-31(34)35(27)28)38-33-15-5-4-12-30(33)29-13-6-10-26-17-16-25(23-32(26)29)22-24-8-2-1-3-9-24/h1-5,7-9,11-12,14-21,23,29H,6,10,13,22H2,(H3,37,38,39). The predicted molar refractivity (Wildman–Crippen MR) is 165 cm³/mol. The fourth-order valence-corrected chi connectivity index (χ4v) is 6.36. The summed E-state index contributed by atoms with van der Waals surface area (Å²) in [6, 6.07) is 36.8. The Kier molecular flexibility index (Phi) is 5.97. The second-order valence-electron chi connectivity index (χ2n) is 10.7. The van der Waals surface area contributed by atoms with E-state index in [1.165, 1.54) is 50.8 Å². The zero-order chi connectivity index (χ0) is 26.2. The van der Waals surface area contributed by atoms with Crippen molar-refractivity contribution in [3.8, 4) is 0 Å². The van der Waals surface area contributed by atoms with Gasteiger partial charge in [-0.25, -0.2) is 0 Å². The molecule has 0 bridgehead atoms. The molecule has 0 radical (unpaired) electrons. The molecule has 1 atom stereocenters. The van der Waals surface area contributed by atoms with Crippen molar-refractivity contribution < 1.29 is 0 Å². The Morgan fingerprint density at radius 2 is 1.49 bits per heavy atom. The van der Waals surface area contributed by atoms with E-state index in [2.05, 4.69) is 126 Å². The van der Waals surface area contributed by atoms with Crippen LogP contribution in [0.2, 0.25) is 0 Å². The number of para-hydroxylation sites is 1. The van der Waals surface area contributed by atoms with Crippen molar-refractivity contribution >= 4 is 40.3 Å². The first kappa shape index (κ1) is 23.5. The average Bonchev–Trinajstić information content (AvgIpc) is 3.40. The molecule has 5 aromatic rings. The number of aryl methyl sites for hydroxylation is 1. The van der Waals surface area contributed by atoms with Crippen LogP contribution < -0.4 is 10.6 Å². The van der Waals surface area contributed by atoms with E-state index in [4.69, 9.17) is 5.41 Å². The zero-order valence-corrected chi connectivity index (χ0v) is 21.9. The van der Waals surface area contributed by atoms with Gasteiger partial charge in [0, 0.05) is 22.7 Å². The predicted octanol–water partition coefficient (Wildman–Crippen LogP) is 8.84. The molecule has 0 heterocycles. The Balaban J connectivity index is 1.16. The van der Waals surface area contributed by atoms with Crippen molar-refractivity contribution in [3.63, 3.8) is 0 Å². The Morgan fingerprint density at radius 1 is 0.692 bits per heavy atom. The van der Waals surface area contributed by atoms with Crippen molar-refractivity contribution in [1.29, 1.82) is 5.41 Å². The van der Waals surface area contributed by atoms with Gasteiger partial charge in [0.1, 0.15) is 0 Å². The topological polar surface area (TPSA) is 47.9 Å². The van der Waals surface area contributed by atoms with Crippen molar-refractivity contribution in [2.24, 2.45) is 0 Å². The molecule has 0 saturated heterocycles. The normalized spacial score (nSPS) is 15.2. The molecule has 0 saturated carbocycles. The van der Waals surface area contributed by atoms with E-state index >= 15 is 0 Å². The average molecular weight is 506 g/mol. The van der Waals surface area contributed by atoms with Gasteiger partial charge in [-0.2, -0.15) is 0 Å². The number of benzene rings is 5. The lowest BCUT2D eigenvalue weighted by Gasteiger charge is -2.28. The fraction of sp³-hybridized carbons (Fsp3) is 0.139. The van der Waals surface area contributed by atoms with Gasteiger partial charge < -0.3 is 10.6 Å². The van der Waals surface area contributed by atoms with Crippen LogP contribution >= 0.6 is 0 Å². The second kappa shape index (κ2) is 9.92. The van der Waals surface area contributed by atoms with Crippen LogP contribution in [0.4, 0.5) is 11.4 Å². The monoisotopic (exact) mass is 505 g/mol. The smallest absolute Gasteiger partial charge is 0.197 e. The van der Waals surface area contributed by atoms with Gasteiger partial charge in [-0.15, -0.1) is 0 Å². The van der Waals surface area contributed by atoms with Crippen molar-refractivity contribution in [1.82, 2.24) is 0 Å². The van der Waals surface area contributed by atoms with Gasteiger partial charge in [-0.05, 0) is 82.1 Å². The van der Waals surface area contributed by atoms with E-state index in [0.717, 1.165) is 36.0 Å². The molecule has 39 heavy (non-hydrogen) atoms. The number of rotatable bonds is 5. The molecule has 7 rings (SSSR count). The van der Waals surface area contributed by atoms with E-state index in [0.29, 0.717) is 5.92 Å². The summed E-state index contributed by atoms with van der Waals surface area (Å²) in [6.45, 7) is 0. The van der Waals surface area contributed by atoms with Crippen molar-refractivity contribution in [2.75, 3.05) is 10.6 Å². The van der Waals surface area contributed by atoms with Crippen LogP contribution in [-0.4, -0.2) is 5.96 Å². The molecular formula is C36H31N3. The molecule has 0 aliphatic heterocycles. The summed E-state index contributed by atoms with van der Waals surface area (Å²) in [5.74, 6) is 0.590. The molecule has 190 valence electrons. The summed E-state index contributed by atoms with van der Waals surface area (Å²) in [5.41, 5.74) is 11.2. The number of anilines is 2. The van der Waals surface area contributed by atoms with Gasteiger partial charge in [0.15, 0.2) is 5.96 Å². The van der Waals surface area contributed by atoms with Gasteiger partial charge in [0.2, 0.25) is 0 Å². The van der Waals surface area contributed by atoms with Crippen LogP contribution in [0.25, 0.3) is 22.9 Å². The summed E-state index contributed by atoms with van der Waals surface area (Å²) >= 11 is 0. The number of hydrogen-bond donors (Lipinski definition) is 3. The third kappa shape index (κ3) is 4.51. The summed E-state index contributed by atoms with van der Waals surface area (Å²) in [7, 11) is 0. The molecule has 3 nitrogen and oxygen atoms in total. The molecule has 2 aliphatic carbocycles. The van der Waals surface area contributed by atoms with E-state index in [-0.39, 0.29) is 5.96 Å². The molecule has 0 aromatic heterocycles. The van der Waals surface area contributed by atoms with Gasteiger partial charge in [-0.3, -0.25) is 5.41 Å². The molecule has 0 fully saturated rings. The summed E-state index contributed by atoms with van der Waals surface area (Å²) < 4.78 is 0. The summed E-state index contributed by atoms with van der Waals surface area (Å²) in [6.07, 6.45) is 8.68. The third-order valence-electron chi connectivity index (χ3n) is 8.18. The molecule has 0 spiro atoms. The maximum Gasteiger partial charge on any atom is 0.197 e. The van der Waals surface area contributed by atoms with Gasteiger partial charge >= 0.3 is 0 Å². The fourth-order valence-electron chi connectivity index (χ4n) is 6.36.